The summed E-state index contributed by atoms with van der Waals surface area (Å²) in [5.41, 5.74) is 6.18. The van der Waals surface area contributed by atoms with Crippen molar-refractivity contribution in [3.63, 3.8) is 0 Å². The molecule has 1 unspecified atom stereocenters. The van der Waals surface area contributed by atoms with E-state index >= 15 is 0 Å². The minimum atomic E-state index is -0.744. The number of amides is 1. The van der Waals surface area contributed by atoms with Gasteiger partial charge >= 0.3 is 0 Å². The van der Waals surface area contributed by atoms with Crippen LogP contribution in [0.4, 0.5) is 5.69 Å². The summed E-state index contributed by atoms with van der Waals surface area (Å²) >= 11 is 9.29. The van der Waals surface area contributed by atoms with Gasteiger partial charge in [-0.25, -0.2) is 4.98 Å². The lowest BCUT2D eigenvalue weighted by molar-refractivity contribution is -0.119. The first-order chi connectivity index (χ1) is 8.99. The van der Waals surface area contributed by atoms with Crippen molar-refractivity contribution in [2.24, 2.45) is 12.8 Å². The SMILES string of the molecule is Cn1c(Cl)cnc1C(Nc1cccc(Br)c1)C(N)=O. The fraction of sp³-hybridized carbons (Fsp3) is 0.167. The Kier molecular flexibility index (Phi) is 4.11. The van der Waals surface area contributed by atoms with Crippen LogP contribution in [0.25, 0.3) is 0 Å². The van der Waals surface area contributed by atoms with E-state index in [4.69, 9.17) is 17.3 Å². The molecule has 19 heavy (non-hydrogen) atoms. The Morgan fingerprint density at radius 1 is 1.58 bits per heavy atom. The fourth-order valence-electron chi connectivity index (χ4n) is 1.68. The normalized spacial score (nSPS) is 12.2. The maximum absolute atomic E-state index is 11.6. The molecule has 1 aromatic heterocycles. The molecule has 0 aliphatic rings. The number of primary amides is 1. The van der Waals surface area contributed by atoms with Crippen molar-refractivity contribution in [3.05, 3.63) is 45.9 Å². The highest BCUT2D eigenvalue weighted by molar-refractivity contribution is 9.10. The summed E-state index contributed by atoms with van der Waals surface area (Å²) in [7, 11) is 1.73. The quantitative estimate of drug-likeness (QED) is 0.895. The number of halogens is 2. The molecule has 3 N–H and O–H groups in total. The standard InChI is InChI=1S/C12H12BrClN4O/c1-18-9(14)6-16-12(18)10(11(15)19)17-8-4-2-3-7(13)5-8/h2-6,10,17H,1H3,(H2,15,19). The van der Waals surface area contributed by atoms with Gasteiger partial charge in [-0.1, -0.05) is 33.6 Å². The number of anilines is 1. The van der Waals surface area contributed by atoms with E-state index in [1.807, 2.05) is 24.3 Å². The number of aromatic nitrogens is 2. The number of nitrogens with zero attached hydrogens (tertiary/aromatic N) is 2. The molecule has 0 spiro atoms. The van der Waals surface area contributed by atoms with Crippen molar-refractivity contribution in [1.29, 1.82) is 0 Å². The van der Waals surface area contributed by atoms with Crippen LogP contribution in [0.1, 0.15) is 11.9 Å². The Balaban J connectivity index is 2.32. The molecular weight excluding hydrogens is 332 g/mol. The minimum absolute atomic E-state index is 0.442. The summed E-state index contributed by atoms with van der Waals surface area (Å²) in [5.74, 6) is -0.0529. The molecule has 0 aliphatic carbocycles. The molecule has 2 aromatic rings. The van der Waals surface area contributed by atoms with Crippen molar-refractivity contribution in [2.45, 2.75) is 6.04 Å². The first-order valence-electron chi connectivity index (χ1n) is 5.47. The monoisotopic (exact) mass is 342 g/mol. The molecule has 0 fully saturated rings. The Morgan fingerprint density at radius 2 is 2.32 bits per heavy atom. The number of carbonyl (C=O) groups is 1. The van der Waals surface area contributed by atoms with E-state index in [0.29, 0.717) is 11.0 Å². The van der Waals surface area contributed by atoms with Crippen molar-refractivity contribution < 1.29 is 4.79 Å². The van der Waals surface area contributed by atoms with E-state index in [1.54, 1.807) is 11.6 Å². The van der Waals surface area contributed by atoms with Gasteiger partial charge < -0.3 is 15.6 Å². The minimum Gasteiger partial charge on any atom is -0.368 e. The third-order valence-corrected chi connectivity index (χ3v) is 3.49. The molecule has 0 saturated carbocycles. The van der Waals surface area contributed by atoms with Crippen molar-refractivity contribution >= 4 is 39.1 Å². The number of imidazole rings is 1. The first kappa shape index (κ1) is 13.9. The molecule has 1 amide bonds. The number of nitrogens with two attached hydrogens (primary N) is 1. The lowest BCUT2D eigenvalue weighted by Crippen LogP contribution is -2.30. The van der Waals surface area contributed by atoms with Crippen LogP contribution in [0.15, 0.2) is 34.9 Å². The molecule has 0 radical (unpaired) electrons. The zero-order valence-corrected chi connectivity index (χ0v) is 12.4. The van der Waals surface area contributed by atoms with Gasteiger partial charge in [-0.2, -0.15) is 0 Å². The molecule has 1 atom stereocenters. The Labute approximate surface area is 123 Å². The van der Waals surface area contributed by atoms with Crippen LogP contribution in [0.3, 0.4) is 0 Å². The Hall–Kier alpha value is -1.53. The predicted molar refractivity (Wildman–Crippen MR) is 77.9 cm³/mol. The second kappa shape index (κ2) is 5.63. The summed E-state index contributed by atoms with van der Waals surface area (Å²) in [6, 6.07) is 6.69. The smallest absolute Gasteiger partial charge is 0.247 e. The van der Waals surface area contributed by atoms with Crippen LogP contribution in [-0.2, 0) is 11.8 Å². The molecule has 0 bridgehead atoms. The lowest BCUT2D eigenvalue weighted by Gasteiger charge is -2.16. The molecule has 100 valence electrons. The third kappa shape index (κ3) is 3.08. The van der Waals surface area contributed by atoms with Gasteiger partial charge in [0.1, 0.15) is 11.0 Å². The van der Waals surface area contributed by atoms with Gasteiger partial charge in [0.05, 0.1) is 6.20 Å². The molecule has 7 heteroatoms. The molecule has 5 nitrogen and oxygen atoms in total. The molecule has 0 aliphatic heterocycles. The molecule has 2 rings (SSSR count). The fourth-order valence-corrected chi connectivity index (χ4v) is 2.21. The number of rotatable bonds is 4. The van der Waals surface area contributed by atoms with Crippen molar-refractivity contribution in [2.75, 3.05) is 5.32 Å². The van der Waals surface area contributed by atoms with Gasteiger partial charge in [0.15, 0.2) is 6.04 Å². The molecule has 1 aromatic carbocycles. The van der Waals surface area contributed by atoms with E-state index < -0.39 is 11.9 Å². The Bertz CT molecular complexity index is 614. The molecule has 1 heterocycles. The van der Waals surface area contributed by atoms with Gasteiger partial charge in [0.2, 0.25) is 5.91 Å². The van der Waals surface area contributed by atoms with E-state index in [2.05, 4.69) is 26.2 Å². The van der Waals surface area contributed by atoms with Gasteiger partial charge in [0.25, 0.3) is 0 Å². The highest BCUT2D eigenvalue weighted by atomic mass is 79.9. The number of hydrogen-bond acceptors (Lipinski definition) is 3. The maximum atomic E-state index is 11.6. The number of benzene rings is 1. The van der Waals surface area contributed by atoms with E-state index in [-0.39, 0.29) is 0 Å². The third-order valence-electron chi connectivity index (χ3n) is 2.65. The number of nitrogens with one attached hydrogen (secondary N) is 1. The highest BCUT2D eigenvalue weighted by Gasteiger charge is 2.23. The van der Waals surface area contributed by atoms with Gasteiger partial charge in [-0.3, -0.25) is 4.79 Å². The van der Waals surface area contributed by atoms with E-state index in [9.17, 15) is 4.79 Å². The largest absolute Gasteiger partial charge is 0.368 e. The lowest BCUT2D eigenvalue weighted by atomic mass is 10.2. The van der Waals surface area contributed by atoms with Crippen LogP contribution in [0, 0.1) is 0 Å². The predicted octanol–water partition coefficient (Wildman–Crippen LogP) is 2.47. The van der Waals surface area contributed by atoms with E-state index in [1.165, 1.54) is 6.20 Å². The zero-order chi connectivity index (χ0) is 14.0. The first-order valence-corrected chi connectivity index (χ1v) is 6.64. The summed E-state index contributed by atoms with van der Waals surface area (Å²) in [4.78, 5) is 15.7. The van der Waals surface area contributed by atoms with Crippen LogP contribution >= 0.6 is 27.5 Å². The van der Waals surface area contributed by atoms with E-state index in [0.717, 1.165) is 10.2 Å². The average molecular weight is 344 g/mol. The van der Waals surface area contributed by atoms with Crippen molar-refractivity contribution in [3.8, 4) is 0 Å². The zero-order valence-electron chi connectivity index (χ0n) is 10.1. The van der Waals surface area contributed by atoms with Crippen LogP contribution in [0.5, 0.6) is 0 Å². The second-order valence-corrected chi connectivity index (χ2v) is 5.29. The Morgan fingerprint density at radius 3 is 2.84 bits per heavy atom. The summed E-state index contributed by atoms with van der Waals surface area (Å²) in [5, 5.41) is 3.49. The summed E-state index contributed by atoms with van der Waals surface area (Å²) in [6.45, 7) is 0. The van der Waals surface area contributed by atoms with Gasteiger partial charge in [0, 0.05) is 17.2 Å². The number of hydrogen-bond donors (Lipinski definition) is 2. The summed E-state index contributed by atoms with van der Waals surface area (Å²) < 4.78 is 2.51. The molecular formula is C12H12BrClN4O. The van der Waals surface area contributed by atoms with Crippen LogP contribution in [0.2, 0.25) is 5.15 Å². The van der Waals surface area contributed by atoms with Crippen LogP contribution in [-0.4, -0.2) is 15.5 Å². The van der Waals surface area contributed by atoms with Gasteiger partial charge in [-0.05, 0) is 18.2 Å². The van der Waals surface area contributed by atoms with Crippen LogP contribution < -0.4 is 11.1 Å². The molecule has 0 saturated heterocycles. The van der Waals surface area contributed by atoms with Gasteiger partial charge in [-0.15, -0.1) is 0 Å². The maximum Gasteiger partial charge on any atom is 0.247 e. The second-order valence-electron chi connectivity index (χ2n) is 3.99. The average Bonchev–Trinajstić information content (AvgIpc) is 2.67. The summed E-state index contributed by atoms with van der Waals surface area (Å²) in [6.07, 6.45) is 1.48. The van der Waals surface area contributed by atoms with Crippen molar-refractivity contribution in [1.82, 2.24) is 9.55 Å². The topological polar surface area (TPSA) is 72.9 Å². The highest BCUT2D eigenvalue weighted by Crippen LogP contribution is 2.23. The number of carbonyl (C=O) groups excluding carboxylic acids is 1.